The first-order chi connectivity index (χ1) is 19.1. The van der Waals surface area contributed by atoms with E-state index in [1.807, 2.05) is 54.7 Å². The monoisotopic (exact) mass is 580 g/mol. The van der Waals surface area contributed by atoms with Crippen LogP contribution in [-0.4, -0.2) is 41.0 Å². The molecular formula is C33H37FO4S2. The standard InChI is InChI=1S/C33H37FO4S2/c1-30-17-15-22(35)19-21(30)5-14-28-27-16-18-32(31(27,2)20-29(36)33(28,30)34,39-25-10-6-23(37-3)7-11-25)40-26-12-8-24(38-4)9-13-26/h6-13,15,17,19,27-29,36H,5,14,16,18,20H2,1-4H3/t27-,28-,29-,30-,31-,33-/m0/s1. The number of rotatable bonds is 6. The number of thioether (sulfide) groups is 2. The molecule has 0 heterocycles. The van der Waals surface area contributed by atoms with Crippen molar-refractivity contribution in [1.29, 1.82) is 0 Å². The number of carbonyl (C=O) groups excluding carboxylic acids is 1. The van der Waals surface area contributed by atoms with Gasteiger partial charge in [-0.05, 0) is 111 Å². The van der Waals surface area contributed by atoms with Gasteiger partial charge in [-0.15, -0.1) is 23.5 Å². The normalized spacial score (nSPS) is 35.8. The number of aliphatic hydroxyl groups excluding tert-OH is 1. The van der Waals surface area contributed by atoms with Crippen LogP contribution >= 0.6 is 23.5 Å². The van der Waals surface area contributed by atoms with Crippen LogP contribution in [0.5, 0.6) is 11.5 Å². The summed E-state index contributed by atoms with van der Waals surface area (Å²) in [5.41, 5.74) is -2.30. The van der Waals surface area contributed by atoms with Crippen molar-refractivity contribution in [1.82, 2.24) is 0 Å². The number of halogens is 1. The summed E-state index contributed by atoms with van der Waals surface area (Å²) in [6, 6.07) is 16.3. The molecular weight excluding hydrogens is 543 g/mol. The highest BCUT2D eigenvalue weighted by Crippen LogP contribution is 2.75. The van der Waals surface area contributed by atoms with Crippen LogP contribution in [0, 0.1) is 22.7 Å². The van der Waals surface area contributed by atoms with E-state index in [1.54, 1.807) is 26.4 Å². The summed E-state index contributed by atoms with van der Waals surface area (Å²) >= 11 is 3.68. The van der Waals surface area contributed by atoms with Gasteiger partial charge < -0.3 is 14.6 Å². The van der Waals surface area contributed by atoms with Crippen molar-refractivity contribution in [2.45, 2.75) is 71.6 Å². The molecule has 0 radical (unpaired) electrons. The topological polar surface area (TPSA) is 55.8 Å². The second-order valence-corrected chi connectivity index (χ2v) is 15.1. The lowest BCUT2D eigenvalue weighted by molar-refractivity contribution is -0.189. The van der Waals surface area contributed by atoms with E-state index in [1.165, 1.54) is 6.08 Å². The minimum absolute atomic E-state index is 0.0867. The summed E-state index contributed by atoms with van der Waals surface area (Å²) < 4.78 is 28.1. The van der Waals surface area contributed by atoms with E-state index in [2.05, 4.69) is 31.2 Å². The van der Waals surface area contributed by atoms with Crippen LogP contribution in [0.4, 0.5) is 4.39 Å². The van der Waals surface area contributed by atoms with Gasteiger partial charge in [0.15, 0.2) is 11.5 Å². The number of alkyl halides is 1. The van der Waals surface area contributed by atoms with Crippen LogP contribution in [0.1, 0.15) is 46.0 Å². The van der Waals surface area contributed by atoms with Gasteiger partial charge >= 0.3 is 0 Å². The Kier molecular flexibility index (Phi) is 6.95. The lowest BCUT2D eigenvalue weighted by Gasteiger charge is -2.63. The van der Waals surface area contributed by atoms with Crippen LogP contribution in [0.25, 0.3) is 0 Å². The maximum atomic E-state index is 17.6. The van der Waals surface area contributed by atoms with E-state index >= 15 is 4.39 Å². The highest BCUT2D eigenvalue weighted by molar-refractivity contribution is 8.18. The molecule has 4 aliphatic carbocycles. The highest BCUT2D eigenvalue weighted by atomic mass is 32.2. The third kappa shape index (κ3) is 4.02. The third-order valence-corrected chi connectivity index (χ3v) is 13.9. The van der Waals surface area contributed by atoms with Crippen molar-refractivity contribution in [2.24, 2.45) is 22.7 Å². The Balaban J connectivity index is 1.41. The molecule has 3 saturated carbocycles. The summed E-state index contributed by atoms with van der Waals surface area (Å²) in [7, 11) is 3.34. The molecule has 0 saturated heterocycles. The zero-order valence-corrected chi connectivity index (χ0v) is 25.1. The first-order valence-corrected chi connectivity index (χ1v) is 15.7. The molecule has 0 unspecified atom stereocenters. The number of methoxy groups -OCH3 is 2. The Hall–Kier alpha value is -2.22. The molecule has 0 aliphatic heterocycles. The van der Waals surface area contributed by atoms with Gasteiger partial charge in [0.2, 0.25) is 0 Å². The Labute approximate surface area is 244 Å². The summed E-state index contributed by atoms with van der Waals surface area (Å²) in [6.07, 6.45) is 7.18. The van der Waals surface area contributed by atoms with Gasteiger partial charge in [0.25, 0.3) is 0 Å². The number of ketones is 1. The Morgan fingerprint density at radius 1 is 0.900 bits per heavy atom. The molecule has 1 N–H and O–H groups in total. The number of allylic oxidation sites excluding steroid dienone is 4. The Bertz CT molecular complexity index is 1310. The molecule has 4 nitrogen and oxygen atoms in total. The van der Waals surface area contributed by atoms with E-state index in [4.69, 9.17) is 9.47 Å². The highest BCUT2D eigenvalue weighted by Gasteiger charge is 2.73. The van der Waals surface area contributed by atoms with E-state index in [0.717, 1.165) is 39.7 Å². The molecule has 0 spiro atoms. The van der Waals surface area contributed by atoms with E-state index in [9.17, 15) is 9.90 Å². The molecule has 0 amide bonds. The number of carbonyl (C=O) groups is 1. The number of ether oxygens (including phenoxy) is 2. The van der Waals surface area contributed by atoms with Crippen molar-refractivity contribution in [3.05, 3.63) is 72.3 Å². The van der Waals surface area contributed by atoms with Crippen LogP contribution in [0.15, 0.2) is 82.1 Å². The lowest BCUT2D eigenvalue weighted by atomic mass is 9.46. The predicted octanol–water partition coefficient (Wildman–Crippen LogP) is 7.66. The average molecular weight is 581 g/mol. The van der Waals surface area contributed by atoms with Gasteiger partial charge in [0.05, 0.1) is 24.4 Å². The third-order valence-electron chi connectivity index (χ3n) is 10.4. The predicted molar refractivity (Wildman–Crippen MR) is 159 cm³/mol. The molecule has 3 fully saturated rings. The number of fused-ring (bicyclic) bond motifs is 5. The summed E-state index contributed by atoms with van der Waals surface area (Å²) in [5.74, 6) is 1.34. The SMILES string of the molecule is COc1ccc(SC2(Sc3ccc(OC)cc3)CC[C@H]3[C@@H]4CCC5=CC(=O)C=C[C@]5(C)[C@@]4(F)[C@@H](O)C[C@@]32C)cc1. The van der Waals surface area contributed by atoms with Gasteiger partial charge in [-0.1, -0.05) is 18.6 Å². The fourth-order valence-corrected chi connectivity index (χ4v) is 11.6. The van der Waals surface area contributed by atoms with E-state index in [0.29, 0.717) is 19.3 Å². The average Bonchev–Trinajstić information content (AvgIpc) is 3.21. The number of aliphatic hydroxyl groups is 1. The Morgan fingerprint density at radius 2 is 1.48 bits per heavy atom. The van der Waals surface area contributed by atoms with Crippen molar-refractivity contribution in [2.75, 3.05) is 14.2 Å². The minimum atomic E-state index is -1.82. The van der Waals surface area contributed by atoms with Gasteiger partial charge in [-0.3, -0.25) is 4.79 Å². The molecule has 40 heavy (non-hydrogen) atoms. The zero-order chi connectivity index (χ0) is 28.3. The molecule has 0 bridgehead atoms. The van der Waals surface area contributed by atoms with Crippen LogP contribution in [0.2, 0.25) is 0 Å². The minimum Gasteiger partial charge on any atom is -0.497 e. The molecule has 4 aliphatic rings. The molecule has 2 aromatic rings. The van der Waals surface area contributed by atoms with E-state index < -0.39 is 17.2 Å². The fourth-order valence-electron chi connectivity index (χ4n) is 8.18. The smallest absolute Gasteiger partial charge is 0.178 e. The van der Waals surface area contributed by atoms with Gasteiger partial charge in [0, 0.05) is 21.1 Å². The summed E-state index contributed by atoms with van der Waals surface area (Å²) in [5, 5.41) is 11.9. The fraction of sp³-hybridized carbons (Fsp3) is 0.485. The lowest BCUT2D eigenvalue weighted by Crippen LogP contribution is -2.67. The first-order valence-electron chi connectivity index (χ1n) is 14.1. The number of hydrogen-bond acceptors (Lipinski definition) is 6. The molecule has 0 aromatic heterocycles. The zero-order valence-electron chi connectivity index (χ0n) is 23.5. The number of hydrogen-bond donors (Lipinski definition) is 1. The second kappa shape index (κ2) is 9.95. The maximum absolute atomic E-state index is 17.6. The summed E-state index contributed by atoms with van der Waals surface area (Å²) in [4.78, 5) is 14.4. The second-order valence-electron chi connectivity index (χ2n) is 12.1. The molecule has 2 aromatic carbocycles. The number of benzene rings is 2. The molecule has 6 rings (SSSR count). The first kappa shape index (κ1) is 27.9. The Morgan fingerprint density at radius 3 is 2.02 bits per heavy atom. The largest absolute Gasteiger partial charge is 0.497 e. The maximum Gasteiger partial charge on any atom is 0.178 e. The van der Waals surface area contributed by atoms with Gasteiger partial charge in [0.1, 0.15) is 11.5 Å². The summed E-state index contributed by atoms with van der Waals surface area (Å²) in [6.45, 7) is 4.18. The molecule has 212 valence electrons. The molecule has 6 atom stereocenters. The van der Waals surface area contributed by atoms with E-state index in [-0.39, 0.29) is 27.1 Å². The van der Waals surface area contributed by atoms with Gasteiger partial charge in [-0.2, -0.15) is 0 Å². The van der Waals surface area contributed by atoms with Crippen LogP contribution < -0.4 is 9.47 Å². The van der Waals surface area contributed by atoms with Crippen molar-refractivity contribution >= 4 is 29.3 Å². The molecule has 7 heteroatoms. The van der Waals surface area contributed by atoms with Crippen molar-refractivity contribution < 1.29 is 23.8 Å². The van der Waals surface area contributed by atoms with Crippen LogP contribution in [0.3, 0.4) is 0 Å². The van der Waals surface area contributed by atoms with Gasteiger partial charge in [-0.25, -0.2) is 4.39 Å². The quantitative estimate of drug-likeness (QED) is 0.354. The van der Waals surface area contributed by atoms with Crippen LogP contribution in [-0.2, 0) is 4.79 Å². The van der Waals surface area contributed by atoms with Crippen molar-refractivity contribution in [3.63, 3.8) is 0 Å². The van der Waals surface area contributed by atoms with Crippen molar-refractivity contribution in [3.8, 4) is 11.5 Å².